The van der Waals surface area contributed by atoms with Crippen LogP contribution < -0.4 is 9.62 Å². The molecule has 2 aromatic rings. The van der Waals surface area contributed by atoms with Gasteiger partial charge in [0.15, 0.2) is 0 Å². The predicted molar refractivity (Wildman–Crippen MR) is 86.8 cm³/mol. The lowest BCUT2D eigenvalue weighted by atomic mass is 10.3. The lowest BCUT2D eigenvalue weighted by Gasteiger charge is -2.21. The van der Waals surface area contributed by atoms with Crippen LogP contribution in [0.25, 0.3) is 0 Å². The fraction of sp³-hybridized carbons (Fsp3) is 0.250. The molecule has 2 N–H and O–H groups in total. The molecule has 0 spiro atoms. The van der Waals surface area contributed by atoms with Gasteiger partial charge >= 0.3 is 0 Å². The Balaban J connectivity index is 1.93. The van der Waals surface area contributed by atoms with E-state index >= 15 is 0 Å². The number of nitrogens with one attached hydrogen (secondary N) is 1. The van der Waals surface area contributed by atoms with Crippen molar-refractivity contribution < 1.29 is 13.5 Å². The Hall–Kier alpha value is -2.21. The van der Waals surface area contributed by atoms with E-state index in [1.807, 2.05) is 12.1 Å². The van der Waals surface area contributed by atoms with Crippen molar-refractivity contribution in [3.63, 3.8) is 0 Å². The van der Waals surface area contributed by atoms with Gasteiger partial charge < -0.3 is 10.0 Å². The van der Waals surface area contributed by atoms with E-state index in [0.717, 1.165) is 31.6 Å². The highest BCUT2D eigenvalue weighted by molar-refractivity contribution is 7.92. The van der Waals surface area contributed by atoms with Crippen molar-refractivity contribution in [3.8, 4) is 5.75 Å². The normalized spacial score (nSPS) is 15.0. The first kappa shape index (κ1) is 14.7. The number of para-hydroxylation sites is 1. The summed E-state index contributed by atoms with van der Waals surface area (Å²) in [5.41, 5.74) is 1.17. The Kier molecular flexibility index (Phi) is 3.94. The van der Waals surface area contributed by atoms with Gasteiger partial charge in [0, 0.05) is 18.8 Å². The van der Waals surface area contributed by atoms with Gasteiger partial charge in [0.1, 0.15) is 10.6 Å². The molecule has 1 saturated heterocycles. The second-order valence-electron chi connectivity index (χ2n) is 5.31. The minimum Gasteiger partial charge on any atom is -0.508 e. The van der Waals surface area contributed by atoms with Crippen LogP contribution in [0.2, 0.25) is 0 Å². The zero-order valence-corrected chi connectivity index (χ0v) is 12.9. The summed E-state index contributed by atoms with van der Waals surface area (Å²) in [6.45, 7) is 1.76. The average molecular weight is 318 g/mol. The summed E-state index contributed by atoms with van der Waals surface area (Å²) in [5, 5.41) is 9.28. The smallest absolute Gasteiger partial charge is 0.263 e. The van der Waals surface area contributed by atoms with Crippen molar-refractivity contribution in [1.82, 2.24) is 0 Å². The number of anilines is 2. The number of hydrogen-bond acceptors (Lipinski definition) is 4. The molecule has 1 heterocycles. The highest BCUT2D eigenvalue weighted by Gasteiger charge is 2.23. The van der Waals surface area contributed by atoms with Crippen LogP contribution in [0.3, 0.4) is 0 Å². The third kappa shape index (κ3) is 3.01. The maximum absolute atomic E-state index is 12.7. The maximum Gasteiger partial charge on any atom is 0.263 e. The third-order valence-corrected chi connectivity index (χ3v) is 5.15. The van der Waals surface area contributed by atoms with E-state index in [1.165, 1.54) is 24.3 Å². The highest BCUT2D eigenvalue weighted by atomic mass is 32.2. The van der Waals surface area contributed by atoms with Crippen LogP contribution in [-0.4, -0.2) is 26.6 Å². The number of sulfonamides is 1. The second-order valence-corrected chi connectivity index (χ2v) is 6.97. The maximum atomic E-state index is 12.7. The Morgan fingerprint density at radius 1 is 0.955 bits per heavy atom. The third-order valence-electron chi connectivity index (χ3n) is 3.72. The largest absolute Gasteiger partial charge is 0.508 e. The van der Waals surface area contributed by atoms with Gasteiger partial charge in [-0.3, -0.25) is 4.72 Å². The first-order valence-corrected chi connectivity index (χ1v) is 8.70. The molecule has 22 heavy (non-hydrogen) atoms. The predicted octanol–water partition coefficient (Wildman–Crippen LogP) is 2.79. The second kappa shape index (κ2) is 5.88. The van der Waals surface area contributed by atoms with E-state index in [1.54, 1.807) is 12.1 Å². The van der Waals surface area contributed by atoms with Crippen LogP contribution in [0.5, 0.6) is 5.75 Å². The summed E-state index contributed by atoms with van der Waals surface area (Å²) in [6.07, 6.45) is 2.17. The van der Waals surface area contributed by atoms with Crippen LogP contribution in [0.1, 0.15) is 12.8 Å². The minimum atomic E-state index is -3.67. The van der Waals surface area contributed by atoms with Gasteiger partial charge in [-0.25, -0.2) is 8.42 Å². The quantitative estimate of drug-likeness (QED) is 0.851. The molecule has 6 heteroatoms. The number of nitrogens with zero attached hydrogens (tertiary/aromatic N) is 1. The van der Waals surface area contributed by atoms with Gasteiger partial charge in [-0.2, -0.15) is 0 Å². The minimum absolute atomic E-state index is 0.0976. The molecule has 0 saturated carbocycles. The molecular formula is C16H18N2O3S. The summed E-state index contributed by atoms with van der Waals surface area (Å²) >= 11 is 0. The van der Waals surface area contributed by atoms with Crippen molar-refractivity contribution in [2.24, 2.45) is 0 Å². The van der Waals surface area contributed by atoms with Gasteiger partial charge in [0.05, 0.1) is 5.69 Å². The molecule has 5 nitrogen and oxygen atoms in total. The molecular weight excluding hydrogens is 300 g/mol. The molecule has 1 fully saturated rings. The van der Waals surface area contributed by atoms with Gasteiger partial charge in [0.2, 0.25) is 0 Å². The zero-order chi connectivity index (χ0) is 15.6. The van der Waals surface area contributed by atoms with Crippen LogP contribution in [0.4, 0.5) is 11.4 Å². The van der Waals surface area contributed by atoms with Gasteiger partial charge in [-0.15, -0.1) is 0 Å². The lowest BCUT2D eigenvalue weighted by Crippen LogP contribution is -2.22. The van der Waals surface area contributed by atoms with Gasteiger partial charge in [0.25, 0.3) is 10.0 Å². The fourth-order valence-electron chi connectivity index (χ4n) is 2.64. The number of phenols is 1. The SMILES string of the molecule is O=S(=O)(Nc1ccc(O)cc1)c1ccccc1N1CCCC1. The van der Waals surface area contributed by atoms with E-state index in [-0.39, 0.29) is 10.6 Å². The summed E-state index contributed by atoms with van der Waals surface area (Å²) in [4.78, 5) is 2.38. The van der Waals surface area contributed by atoms with Crippen molar-refractivity contribution in [2.45, 2.75) is 17.7 Å². The Morgan fingerprint density at radius 2 is 1.59 bits per heavy atom. The summed E-state index contributed by atoms with van der Waals surface area (Å²) in [5.74, 6) is 0.0976. The van der Waals surface area contributed by atoms with Crippen LogP contribution >= 0.6 is 0 Å². The van der Waals surface area contributed by atoms with Crippen molar-refractivity contribution in [3.05, 3.63) is 48.5 Å². The molecule has 3 rings (SSSR count). The highest BCUT2D eigenvalue weighted by Crippen LogP contribution is 2.29. The first-order valence-electron chi connectivity index (χ1n) is 7.22. The fourth-order valence-corrected chi connectivity index (χ4v) is 3.93. The van der Waals surface area contributed by atoms with Crippen molar-refractivity contribution in [2.75, 3.05) is 22.7 Å². The molecule has 1 aliphatic heterocycles. The van der Waals surface area contributed by atoms with Crippen molar-refractivity contribution in [1.29, 1.82) is 0 Å². The van der Waals surface area contributed by atoms with E-state index < -0.39 is 10.0 Å². The molecule has 2 aromatic carbocycles. The Labute approximate surface area is 130 Å². The molecule has 0 unspecified atom stereocenters. The summed E-state index contributed by atoms with van der Waals surface area (Å²) in [6, 6.07) is 13.0. The topological polar surface area (TPSA) is 69.6 Å². The number of benzene rings is 2. The van der Waals surface area contributed by atoms with E-state index in [2.05, 4.69) is 9.62 Å². The van der Waals surface area contributed by atoms with E-state index in [9.17, 15) is 13.5 Å². The Morgan fingerprint density at radius 3 is 2.27 bits per heavy atom. The zero-order valence-electron chi connectivity index (χ0n) is 12.1. The molecule has 0 aliphatic carbocycles. The van der Waals surface area contributed by atoms with Gasteiger partial charge in [-0.05, 0) is 49.2 Å². The van der Waals surface area contributed by atoms with E-state index in [0.29, 0.717) is 5.69 Å². The number of aromatic hydroxyl groups is 1. The number of rotatable bonds is 4. The van der Waals surface area contributed by atoms with E-state index in [4.69, 9.17) is 0 Å². The van der Waals surface area contributed by atoms with Crippen LogP contribution in [0, 0.1) is 0 Å². The summed E-state index contributed by atoms with van der Waals surface area (Å²) in [7, 11) is -3.67. The average Bonchev–Trinajstić information content (AvgIpc) is 3.04. The number of phenolic OH excluding ortho intramolecular Hbond substituents is 1. The standard InChI is InChI=1S/C16H18N2O3S/c19-14-9-7-13(8-10-14)17-22(20,21)16-6-2-1-5-15(16)18-11-3-4-12-18/h1-2,5-10,17,19H,3-4,11-12H2. The summed E-state index contributed by atoms with van der Waals surface area (Å²) < 4.78 is 27.9. The molecule has 116 valence electrons. The molecule has 0 atom stereocenters. The van der Waals surface area contributed by atoms with Crippen molar-refractivity contribution >= 4 is 21.4 Å². The monoisotopic (exact) mass is 318 g/mol. The van der Waals surface area contributed by atoms with Crippen LogP contribution in [0.15, 0.2) is 53.4 Å². The molecule has 0 aromatic heterocycles. The first-order chi connectivity index (χ1) is 10.6. The number of hydrogen-bond donors (Lipinski definition) is 2. The molecule has 0 amide bonds. The van der Waals surface area contributed by atoms with Gasteiger partial charge in [-0.1, -0.05) is 12.1 Å². The lowest BCUT2D eigenvalue weighted by molar-refractivity contribution is 0.475. The Bertz CT molecular complexity index is 751. The van der Waals surface area contributed by atoms with Crippen LogP contribution in [-0.2, 0) is 10.0 Å². The molecule has 0 bridgehead atoms. The molecule has 1 aliphatic rings. The molecule has 0 radical (unpaired) electrons.